The van der Waals surface area contributed by atoms with Crippen LogP contribution in [-0.2, 0) is 6.42 Å². The van der Waals surface area contributed by atoms with E-state index >= 15 is 0 Å². The fraction of sp³-hybridized carbons (Fsp3) is 0.375. The Kier molecular flexibility index (Phi) is 5.65. The summed E-state index contributed by atoms with van der Waals surface area (Å²) < 4.78 is 5.20. The number of allylic oxidation sites excluding steroid dienone is 2. The lowest BCUT2D eigenvalue weighted by molar-refractivity contribution is 0.196. The van der Waals surface area contributed by atoms with Gasteiger partial charge in [-0.3, -0.25) is 0 Å². The maximum Gasteiger partial charge on any atom is 0.321 e. The second kappa shape index (κ2) is 8.51. The van der Waals surface area contributed by atoms with Gasteiger partial charge < -0.3 is 15.0 Å². The summed E-state index contributed by atoms with van der Waals surface area (Å²) in [6.45, 7) is 1.55. The molecule has 146 valence electrons. The number of nitrogens with zero attached hydrogens (tertiary/aromatic N) is 1. The van der Waals surface area contributed by atoms with E-state index in [0.717, 1.165) is 36.9 Å². The maximum absolute atomic E-state index is 13.0. The zero-order valence-electron chi connectivity index (χ0n) is 16.4. The third-order valence-electron chi connectivity index (χ3n) is 6.01. The van der Waals surface area contributed by atoms with Crippen LogP contribution in [0.1, 0.15) is 18.4 Å². The van der Waals surface area contributed by atoms with Gasteiger partial charge in [0.2, 0.25) is 0 Å². The quantitative estimate of drug-likeness (QED) is 0.692. The van der Waals surface area contributed by atoms with E-state index < -0.39 is 0 Å². The van der Waals surface area contributed by atoms with Gasteiger partial charge in [-0.25, -0.2) is 4.79 Å². The third kappa shape index (κ3) is 4.38. The third-order valence-corrected chi connectivity index (χ3v) is 6.01. The highest BCUT2D eigenvalue weighted by Gasteiger charge is 2.37. The van der Waals surface area contributed by atoms with Crippen LogP contribution < -0.4 is 10.1 Å². The van der Waals surface area contributed by atoms with Crippen molar-refractivity contribution in [2.24, 2.45) is 17.8 Å². The first-order valence-corrected chi connectivity index (χ1v) is 10.1. The van der Waals surface area contributed by atoms with Gasteiger partial charge >= 0.3 is 6.03 Å². The molecular formula is C24H28N2O2. The summed E-state index contributed by atoms with van der Waals surface area (Å²) in [5, 5.41) is 3.06. The number of amides is 2. The molecule has 2 aliphatic rings. The fourth-order valence-electron chi connectivity index (χ4n) is 4.45. The normalized spacial score (nSPS) is 22.2. The zero-order valence-corrected chi connectivity index (χ0v) is 16.4. The number of benzene rings is 2. The molecule has 2 aromatic carbocycles. The van der Waals surface area contributed by atoms with Crippen LogP contribution >= 0.6 is 0 Å². The summed E-state index contributed by atoms with van der Waals surface area (Å²) in [4.78, 5) is 15.0. The molecule has 0 radical (unpaired) electrons. The minimum atomic E-state index is -0.0205. The molecule has 0 spiro atoms. The first-order valence-electron chi connectivity index (χ1n) is 10.1. The standard InChI is InChI=1S/C24H28N2O2/c1-28-23-11-9-22(10-12-23)25-24(27)26(14-13-18-5-3-2-4-6-18)17-21-16-19-7-8-20(21)15-19/h2-12,19-21H,13-17H2,1H3,(H,25,27). The number of urea groups is 1. The highest BCUT2D eigenvalue weighted by atomic mass is 16.5. The molecule has 28 heavy (non-hydrogen) atoms. The molecule has 2 bridgehead atoms. The Hall–Kier alpha value is -2.75. The number of ether oxygens (including phenoxy) is 1. The van der Waals surface area contributed by atoms with E-state index in [9.17, 15) is 4.79 Å². The lowest BCUT2D eigenvalue weighted by atomic mass is 9.93. The molecule has 4 heteroatoms. The van der Waals surface area contributed by atoms with Crippen LogP contribution in [0.25, 0.3) is 0 Å². The van der Waals surface area contributed by atoms with Crippen molar-refractivity contribution in [3.05, 3.63) is 72.3 Å². The minimum Gasteiger partial charge on any atom is -0.497 e. The van der Waals surface area contributed by atoms with E-state index in [2.05, 4.69) is 41.7 Å². The smallest absolute Gasteiger partial charge is 0.321 e. The Morgan fingerprint density at radius 1 is 1.07 bits per heavy atom. The Bertz CT molecular complexity index is 816. The average molecular weight is 377 g/mol. The van der Waals surface area contributed by atoms with Crippen LogP contribution in [0, 0.1) is 17.8 Å². The van der Waals surface area contributed by atoms with Gasteiger partial charge in [-0.1, -0.05) is 42.5 Å². The topological polar surface area (TPSA) is 41.6 Å². The number of methoxy groups -OCH3 is 1. The van der Waals surface area contributed by atoms with Gasteiger partial charge in [0.05, 0.1) is 7.11 Å². The van der Waals surface area contributed by atoms with Crippen LogP contribution in [0.15, 0.2) is 66.7 Å². The Morgan fingerprint density at radius 2 is 1.86 bits per heavy atom. The fourth-order valence-corrected chi connectivity index (χ4v) is 4.45. The van der Waals surface area contributed by atoms with Gasteiger partial charge in [0.1, 0.15) is 5.75 Å². The Balaban J connectivity index is 1.42. The largest absolute Gasteiger partial charge is 0.497 e. The SMILES string of the molecule is COc1ccc(NC(=O)N(CCc2ccccc2)CC2CC3C=CC2C3)cc1. The maximum atomic E-state index is 13.0. The molecule has 1 N–H and O–H groups in total. The van der Waals surface area contributed by atoms with E-state index in [0.29, 0.717) is 11.8 Å². The summed E-state index contributed by atoms with van der Waals surface area (Å²) in [6.07, 6.45) is 8.05. The van der Waals surface area contributed by atoms with Crippen molar-refractivity contribution in [3.8, 4) is 5.75 Å². The molecule has 4 rings (SSSR count). The van der Waals surface area contributed by atoms with Crippen molar-refractivity contribution in [2.75, 3.05) is 25.5 Å². The summed E-state index contributed by atoms with van der Waals surface area (Å²) in [6, 6.07) is 17.9. The zero-order chi connectivity index (χ0) is 19.3. The van der Waals surface area contributed by atoms with Gasteiger partial charge in [0, 0.05) is 18.8 Å². The van der Waals surface area contributed by atoms with Crippen LogP contribution in [0.2, 0.25) is 0 Å². The predicted molar refractivity (Wildman–Crippen MR) is 113 cm³/mol. The van der Waals surface area contributed by atoms with Crippen molar-refractivity contribution < 1.29 is 9.53 Å². The molecule has 3 unspecified atom stereocenters. The highest BCUT2D eigenvalue weighted by Crippen LogP contribution is 2.43. The van der Waals surface area contributed by atoms with Gasteiger partial charge in [-0.15, -0.1) is 0 Å². The number of nitrogens with one attached hydrogen (secondary N) is 1. The summed E-state index contributed by atoms with van der Waals surface area (Å²) in [7, 11) is 1.64. The molecule has 2 amide bonds. The Labute approximate surface area is 167 Å². The van der Waals surface area contributed by atoms with Gasteiger partial charge in [-0.2, -0.15) is 0 Å². The molecule has 0 saturated heterocycles. The molecule has 1 fully saturated rings. The molecule has 0 aliphatic heterocycles. The van der Waals surface area contributed by atoms with E-state index in [4.69, 9.17) is 4.74 Å². The van der Waals surface area contributed by atoms with Crippen molar-refractivity contribution >= 4 is 11.7 Å². The Morgan fingerprint density at radius 3 is 2.50 bits per heavy atom. The van der Waals surface area contributed by atoms with E-state index in [1.165, 1.54) is 18.4 Å². The van der Waals surface area contributed by atoms with Crippen LogP contribution in [-0.4, -0.2) is 31.1 Å². The number of hydrogen-bond donors (Lipinski definition) is 1. The molecule has 3 atom stereocenters. The summed E-state index contributed by atoms with van der Waals surface area (Å²) in [5.74, 6) is 2.72. The number of anilines is 1. The number of carbonyl (C=O) groups is 1. The molecule has 1 saturated carbocycles. The number of carbonyl (C=O) groups excluding carboxylic acids is 1. The first kappa shape index (κ1) is 18.6. The number of rotatable bonds is 7. The molecule has 2 aliphatic carbocycles. The average Bonchev–Trinajstić information content (AvgIpc) is 3.35. The van der Waals surface area contributed by atoms with Crippen molar-refractivity contribution in [1.82, 2.24) is 4.90 Å². The van der Waals surface area contributed by atoms with Gasteiger partial charge in [0.15, 0.2) is 0 Å². The molecule has 0 aromatic heterocycles. The lowest BCUT2D eigenvalue weighted by Gasteiger charge is -2.29. The molecule has 2 aromatic rings. The highest BCUT2D eigenvalue weighted by molar-refractivity contribution is 5.89. The lowest BCUT2D eigenvalue weighted by Crippen LogP contribution is -2.40. The van der Waals surface area contributed by atoms with E-state index in [-0.39, 0.29) is 6.03 Å². The molecule has 0 heterocycles. The summed E-state index contributed by atoms with van der Waals surface area (Å²) in [5.41, 5.74) is 2.06. The first-order chi connectivity index (χ1) is 13.7. The molecule has 4 nitrogen and oxygen atoms in total. The van der Waals surface area contributed by atoms with Crippen molar-refractivity contribution in [3.63, 3.8) is 0 Å². The van der Waals surface area contributed by atoms with Crippen molar-refractivity contribution in [2.45, 2.75) is 19.3 Å². The predicted octanol–water partition coefficient (Wildman–Crippen LogP) is 4.98. The van der Waals surface area contributed by atoms with Gasteiger partial charge in [0.25, 0.3) is 0 Å². The second-order valence-electron chi connectivity index (χ2n) is 7.88. The number of hydrogen-bond acceptors (Lipinski definition) is 2. The van der Waals surface area contributed by atoms with Crippen LogP contribution in [0.4, 0.5) is 10.5 Å². The minimum absolute atomic E-state index is 0.0205. The van der Waals surface area contributed by atoms with E-state index in [1.54, 1.807) is 7.11 Å². The van der Waals surface area contributed by atoms with Gasteiger partial charge in [-0.05, 0) is 66.8 Å². The number of fused-ring (bicyclic) bond motifs is 2. The monoisotopic (exact) mass is 376 g/mol. The van der Waals surface area contributed by atoms with Crippen LogP contribution in [0.5, 0.6) is 5.75 Å². The van der Waals surface area contributed by atoms with Crippen molar-refractivity contribution in [1.29, 1.82) is 0 Å². The summed E-state index contributed by atoms with van der Waals surface area (Å²) >= 11 is 0. The molecular weight excluding hydrogens is 348 g/mol. The second-order valence-corrected chi connectivity index (χ2v) is 7.88. The van der Waals surface area contributed by atoms with E-state index in [1.807, 2.05) is 35.2 Å². The van der Waals surface area contributed by atoms with Crippen LogP contribution in [0.3, 0.4) is 0 Å².